The molecule has 3 atom stereocenters. The number of aromatic hydroxyl groups is 1. The van der Waals surface area contributed by atoms with E-state index in [1.165, 1.54) is 6.07 Å². The van der Waals surface area contributed by atoms with Gasteiger partial charge in [0.05, 0.1) is 40.3 Å². The van der Waals surface area contributed by atoms with Gasteiger partial charge in [-0.15, -0.1) is 0 Å². The summed E-state index contributed by atoms with van der Waals surface area (Å²) in [6, 6.07) is 16.7. The third kappa shape index (κ3) is 6.79. The van der Waals surface area contributed by atoms with Crippen LogP contribution in [-0.2, 0) is 7.05 Å². The number of methoxy groups -OCH3 is 1. The van der Waals surface area contributed by atoms with Crippen molar-refractivity contribution in [3.05, 3.63) is 90.4 Å². The van der Waals surface area contributed by atoms with Crippen molar-refractivity contribution in [3.63, 3.8) is 0 Å². The Hall–Kier alpha value is -6.45. The Morgan fingerprint density at radius 1 is 0.864 bits per heavy atom. The number of phenolic OH excluding ortho intramolecular Hbond substituents is 1. The molecular formula is C44H45FN12O2. The molecule has 59 heavy (non-hydrogen) atoms. The minimum atomic E-state index is -0.402. The van der Waals surface area contributed by atoms with Crippen LogP contribution in [0.15, 0.2) is 73.3 Å². The van der Waals surface area contributed by atoms with E-state index in [-0.39, 0.29) is 17.8 Å². The van der Waals surface area contributed by atoms with Crippen LogP contribution < -0.4 is 25.2 Å². The van der Waals surface area contributed by atoms with E-state index < -0.39 is 5.82 Å². The molecule has 0 amide bonds. The normalized spacial score (nSPS) is 18.8. The molecule has 0 radical (unpaired) electrons. The average molecular weight is 793 g/mol. The molecule has 5 aromatic heterocycles. The third-order valence-corrected chi connectivity index (χ3v) is 11.7. The Balaban J connectivity index is 0.841. The lowest BCUT2D eigenvalue weighted by atomic mass is 9.99. The Bertz CT molecular complexity index is 2930. The molecule has 3 aromatic carbocycles. The standard InChI is InChI=1S/C44H45FN12O2/c1-24-18-56(32-6-8-37-27(12-32)17-47-41(50-37)29-14-36(45)43-49-25(2)19-57(43)21-29)23-31(48-24)15-30-22-55(11-10-46-30)33-7-9-38-34(16-33)44(59-5)52-42(51-38)35-13-28-20-54(4)53-39(28)26(3)40(35)58/h6-9,12-14,16-17,19-21,24,30-31,46,48,58H,10-11,15,18,22-23H2,1-5H3. The van der Waals surface area contributed by atoms with Crippen molar-refractivity contribution in [1.82, 2.24) is 49.7 Å². The van der Waals surface area contributed by atoms with E-state index in [4.69, 9.17) is 19.7 Å². The quantitative estimate of drug-likeness (QED) is 0.175. The van der Waals surface area contributed by atoms with Gasteiger partial charge >= 0.3 is 0 Å². The van der Waals surface area contributed by atoms with Gasteiger partial charge in [0.15, 0.2) is 23.1 Å². The van der Waals surface area contributed by atoms with Gasteiger partial charge in [-0.2, -0.15) is 10.1 Å². The van der Waals surface area contributed by atoms with Crippen molar-refractivity contribution in [2.24, 2.45) is 7.05 Å². The number of pyridine rings is 1. The van der Waals surface area contributed by atoms with E-state index in [9.17, 15) is 9.50 Å². The number of hydrogen-bond donors (Lipinski definition) is 3. The number of piperazine rings is 2. The van der Waals surface area contributed by atoms with Gasteiger partial charge in [0, 0.05) is 116 Å². The highest BCUT2D eigenvalue weighted by molar-refractivity contribution is 5.93. The number of anilines is 2. The molecular weight excluding hydrogens is 748 g/mol. The molecule has 0 spiro atoms. The fourth-order valence-electron chi connectivity index (χ4n) is 8.93. The van der Waals surface area contributed by atoms with Gasteiger partial charge < -0.3 is 34.7 Å². The van der Waals surface area contributed by atoms with Crippen molar-refractivity contribution < 1.29 is 14.2 Å². The SMILES string of the molecule is COc1nc(-c2cc3cn(C)nc3c(C)c2O)nc2ccc(N3CCNC(CC4CN(c5ccc6nc(-c7cc(F)c8nc(C)cn8c7)ncc6c5)CC(C)N4)C3)cc12. The van der Waals surface area contributed by atoms with Crippen molar-refractivity contribution in [2.45, 2.75) is 45.3 Å². The fraction of sp³-hybridized carbons (Fsp3) is 0.318. The minimum absolute atomic E-state index is 0.114. The second kappa shape index (κ2) is 14.4. The predicted octanol–water partition coefficient (Wildman–Crippen LogP) is 5.95. The molecule has 14 nitrogen and oxygen atoms in total. The number of nitrogens with one attached hydrogen (secondary N) is 2. The number of benzene rings is 3. The summed E-state index contributed by atoms with van der Waals surface area (Å²) in [5.41, 5.74) is 7.38. The monoisotopic (exact) mass is 792 g/mol. The summed E-state index contributed by atoms with van der Waals surface area (Å²) in [5, 5.41) is 25.9. The summed E-state index contributed by atoms with van der Waals surface area (Å²) in [4.78, 5) is 28.2. The van der Waals surface area contributed by atoms with Crippen molar-refractivity contribution in [1.29, 1.82) is 0 Å². The van der Waals surface area contributed by atoms with Crippen LogP contribution in [0.3, 0.4) is 0 Å². The number of fused-ring (bicyclic) bond motifs is 4. The molecule has 7 heterocycles. The molecule has 0 bridgehead atoms. The maximum absolute atomic E-state index is 14.8. The number of ether oxygens (including phenoxy) is 1. The number of aromatic nitrogens is 8. The Morgan fingerprint density at radius 3 is 2.51 bits per heavy atom. The first-order valence-corrected chi connectivity index (χ1v) is 20.0. The maximum Gasteiger partial charge on any atom is 0.224 e. The number of halogens is 1. The van der Waals surface area contributed by atoms with Crippen LogP contribution in [0.5, 0.6) is 11.6 Å². The molecule has 0 saturated carbocycles. The van der Waals surface area contributed by atoms with Gasteiger partial charge in [0.1, 0.15) is 5.75 Å². The summed E-state index contributed by atoms with van der Waals surface area (Å²) in [6.45, 7) is 10.3. The Kier molecular flexibility index (Phi) is 9.01. The van der Waals surface area contributed by atoms with Crippen LogP contribution >= 0.6 is 0 Å². The zero-order chi connectivity index (χ0) is 40.5. The molecule has 15 heteroatoms. The second-order valence-electron chi connectivity index (χ2n) is 16.0. The van der Waals surface area contributed by atoms with Crippen LogP contribution in [0, 0.1) is 19.7 Å². The summed E-state index contributed by atoms with van der Waals surface area (Å²) in [5.74, 6) is 1.04. The first kappa shape index (κ1) is 36.9. The highest BCUT2D eigenvalue weighted by atomic mass is 19.1. The highest BCUT2D eigenvalue weighted by Crippen LogP contribution is 2.38. The van der Waals surface area contributed by atoms with Crippen LogP contribution in [0.1, 0.15) is 24.6 Å². The number of phenols is 1. The van der Waals surface area contributed by atoms with Gasteiger partial charge in [-0.3, -0.25) is 4.68 Å². The molecule has 8 aromatic rings. The highest BCUT2D eigenvalue weighted by Gasteiger charge is 2.29. The van der Waals surface area contributed by atoms with Gasteiger partial charge in [0.25, 0.3) is 0 Å². The van der Waals surface area contributed by atoms with E-state index >= 15 is 0 Å². The van der Waals surface area contributed by atoms with E-state index in [1.807, 2.05) is 57.7 Å². The van der Waals surface area contributed by atoms with Crippen molar-refractivity contribution in [3.8, 4) is 34.4 Å². The molecule has 0 aliphatic carbocycles. The maximum atomic E-state index is 14.8. The lowest BCUT2D eigenvalue weighted by molar-refractivity contribution is 0.322. The number of imidazole rings is 1. The zero-order valence-electron chi connectivity index (χ0n) is 33.6. The lowest BCUT2D eigenvalue weighted by Crippen LogP contribution is -2.59. The number of rotatable bonds is 7. The number of aryl methyl sites for hydroxylation is 3. The van der Waals surface area contributed by atoms with Crippen molar-refractivity contribution >= 4 is 49.7 Å². The van der Waals surface area contributed by atoms with E-state index in [1.54, 1.807) is 22.4 Å². The Labute approximate surface area is 339 Å². The second-order valence-corrected chi connectivity index (χ2v) is 16.0. The van der Waals surface area contributed by atoms with E-state index in [0.717, 1.165) is 88.9 Å². The van der Waals surface area contributed by atoms with Gasteiger partial charge in [-0.1, -0.05) is 0 Å². The summed E-state index contributed by atoms with van der Waals surface area (Å²) >= 11 is 0. The summed E-state index contributed by atoms with van der Waals surface area (Å²) < 4.78 is 24.1. The van der Waals surface area contributed by atoms with Crippen LogP contribution in [-0.4, -0.2) is 102 Å². The Morgan fingerprint density at radius 2 is 1.66 bits per heavy atom. The molecule has 2 fully saturated rings. The molecule has 2 aliphatic heterocycles. The molecule has 10 rings (SSSR count). The number of nitrogens with zero attached hydrogens (tertiary/aromatic N) is 10. The van der Waals surface area contributed by atoms with Crippen LogP contribution in [0.25, 0.3) is 61.1 Å². The van der Waals surface area contributed by atoms with E-state index in [0.29, 0.717) is 45.9 Å². The number of hydrogen-bond acceptors (Lipinski definition) is 12. The van der Waals surface area contributed by atoms with Gasteiger partial charge in [-0.25, -0.2) is 24.3 Å². The first-order valence-electron chi connectivity index (χ1n) is 20.0. The van der Waals surface area contributed by atoms with Gasteiger partial charge in [0.2, 0.25) is 5.88 Å². The lowest BCUT2D eigenvalue weighted by Gasteiger charge is -2.42. The zero-order valence-corrected chi connectivity index (χ0v) is 33.6. The average Bonchev–Trinajstić information content (AvgIpc) is 3.82. The summed E-state index contributed by atoms with van der Waals surface area (Å²) in [6.07, 6.45) is 8.33. The molecule has 2 saturated heterocycles. The fourth-order valence-corrected chi connectivity index (χ4v) is 8.93. The topological polar surface area (TPSA) is 147 Å². The summed E-state index contributed by atoms with van der Waals surface area (Å²) in [7, 11) is 3.48. The largest absolute Gasteiger partial charge is 0.507 e. The van der Waals surface area contributed by atoms with Crippen LogP contribution in [0.4, 0.5) is 15.8 Å². The van der Waals surface area contributed by atoms with E-state index in [2.05, 4.69) is 66.7 Å². The predicted molar refractivity (Wildman–Crippen MR) is 228 cm³/mol. The minimum Gasteiger partial charge on any atom is -0.507 e. The smallest absolute Gasteiger partial charge is 0.224 e. The van der Waals surface area contributed by atoms with Crippen LogP contribution in [0.2, 0.25) is 0 Å². The van der Waals surface area contributed by atoms with Gasteiger partial charge in [-0.05, 0) is 75.7 Å². The third-order valence-electron chi connectivity index (χ3n) is 11.7. The molecule has 3 unspecified atom stereocenters. The van der Waals surface area contributed by atoms with Crippen molar-refractivity contribution in [2.75, 3.05) is 49.6 Å². The molecule has 300 valence electrons. The molecule has 2 aliphatic rings. The molecule has 3 N–H and O–H groups in total. The first-order chi connectivity index (χ1) is 28.6.